The van der Waals surface area contributed by atoms with Crippen molar-refractivity contribution in [2.24, 2.45) is 0 Å². The molecule has 4 heteroatoms. The zero-order valence-corrected chi connectivity index (χ0v) is 11.5. The molecule has 0 radical (unpaired) electrons. The zero-order chi connectivity index (χ0) is 12.6. The van der Waals surface area contributed by atoms with E-state index in [2.05, 4.69) is 28.3 Å². The molecular formula is C14H19N3S. The average Bonchev–Trinajstić information content (AvgIpc) is 2.90. The van der Waals surface area contributed by atoms with Crippen LogP contribution in [0.1, 0.15) is 23.8 Å². The lowest BCUT2D eigenvalue weighted by molar-refractivity contribution is 0.493. The maximum Gasteiger partial charge on any atom is 0.0794 e. The number of aryl methyl sites for hydroxylation is 1. The highest BCUT2D eigenvalue weighted by molar-refractivity contribution is 7.09. The molecule has 0 spiro atoms. The standard InChI is InChI=1S/C14H19N3S/c1-2-17-13(8-14-10-16-11-18-14)6-5-12-4-3-7-15-9-12/h3-4,7,9-11,13,17H,2,5-6,8H2,1H3. The number of nitrogens with zero attached hydrogens (tertiary/aromatic N) is 2. The van der Waals surface area contributed by atoms with Crippen LogP contribution in [0.15, 0.2) is 36.2 Å². The van der Waals surface area contributed by atoms with Crippen LogP contribution < -0.4 is 5.32 Å². The third-order valence-corrected chi connectivity index (χ3v) is 3.73. The molecule has 0 bridgehead atoms. The SMILES string of the molecule is CCNC(CCc1cccnc1)Cc1cncs1. The van der Waals surface area contributed by atoms with Gasteiger partial charge in [0.15, 0.2) is 0 Å². The largest absolute Gasteiger partial charge is 0.314 e. The summed E-state index contributed by atoms with van der Waals surface area (Å²) in [7, 11) is 0. The second-order valence-corrected chi connectivity index (χ2v) is 5.30. The predicted molar refractivity (Wildman–Crippen MR) is 75.8 cm³/mol. The maximum atomic E-state index is 4.16. The molecule has 0 saturated heterocycles. The molecule has 0 aliphatic carbocycles. The van der Waals surface area contributed by atoms with E-state index in [1.54, 1.807) is 11.3 Å². The van der Waals surface area contributed by atoms with Crippen molar-refractivity contribution >= 4 is 11.3 Å². The van der Waals surface area contributed by atoms with Crippen LogP contribution in [-0.4, -0.2) is 22.6 Å². The second-order valence-electron chi connectivity index (χ2n) is 4.33. The van der Waals surface area contributed by atoms with E-state index in [1.807, 2.05) is 30.2 Å². The Balaban J connectivity index is 1.86. The first kappa shape index (κ1) is 13.2. The normalized spacial score (nSPS) is 12.5. The van der Waals surface area contributed by atoms with E-state index in [0.717, 1.165) is 25.8 Å². The summed E-state index contributed by atoms with van der Waals surface area (Å²) in [5.41, 5.74) is 3.21. The monoisotopic (exact) mass is 261 g/mol. The van der Waals surface area contributed by atoms with Gasteiger partial charge in [-0.15, -0.1) is 11.3 Å². The summed E-state index contributed by atoms with van der Waals surface area (Å²) in [6.07, 6.45) is 9.03. The Bertz CT molecular complexity index is 428. The van der Waals surface area contributed by atoms with Gasteiger partial charge in [-0.05, 0) is 37.4 Å². The van der Waals surface area contributed by atoms with Crippen LogP contribution in [0.2, 0.25) is 0 Å². The highest BCUT2D eigenvalue weighted by Crippen LogP contribution is 2.12. The molecule has 0 saturated carbocycles. The Labute approximate surface area is 112 Å². The van der Waals surface area contributed by atoms with Crippen LogP contribution in [0.3, 0.4) is 0 Å². The van der Waals surface area contributed by atoms with Gasteiger partial charge < -0.3 is 5.32 Å². The lowest BCUT2D eigenvalue weighted by atomic mass is 10.0. The molecule has 3 nitrogen and oxygen atoms in total. The molecule has 0 fully saturated rings. The number of pyridine rings is 1. The van der Waals surface area contributed by atoms with Crippen LogP contribution >= 0.6 is 11.3 Å². The summed E-state index contributed by atoms with van der Waals surface area (Å²) in [5, 5.41) is 3.55. The fourth-order valence-electron chi connectivity index (χ4n) is 2.04. The number of hydrogen-bond donors (Lipinski definition) is 1. The average molecular weight is 261 g/mol. The second kappa shape index (κ2) is 7.24. The first-order valence-electron chi connectivity index (χ1n) is 6.38. The summed E-state index contributed by atoms with van der Waals surface area (Å²) in [5.74, 6) is 0. The molecule has 1 atom stereocenters. The van der Waals surface area contributed by atoms with E-state index in [-0.39, 0.29) is 0 Å². The summed E-state index contributed by atoms with van der Waals surface area (Å²) in [4.78, 5) is 9.64. The number of likely N-dealkylation sites (N-methyl/N-ethyl adjacent to an activating group) is 1. The molecule has 1 unspecified atom stereocenters. The van der Waals surface area contributed by atoms with E-state index < -0.39 is 0 Å². The highest BCUT2D eigenvalue weighted by atomic mass is 32.1. The molecule has 2 aromatic heterocycles. The van der Waals surface area contributed by atoms with Crippen molar-refractivity contribution in [3.8, 4) is 0 Å². The smallest absolute Gasteiger partial charge is 0.0794 e. The fraction of sp³-hybridized carbons (Fsp3) is 0.429. The first-order chi connectivity index (χ1) is 8.88. The van der Waals surface area contributed by atoms with Gasteiger partial charge >= 0.3 is 0 Å². The van der Waals surface area contributed by atoms with E-state index in [9.17, 15) is 0 Å². The molecule has 2 aromatic rings. The number of rotatable bonds is 7. The topological polar surface area (TPSA) is 37.8 Å². The van der Waals surface area contributed by atoms with Gasteiger partial charge in [-0.25, -0.2) is 0 Å². The minimum absolute atomic E-state index is 0.524. The van der Waals surface area contributed by atoms with E-state index in [4.69, 9.17) is 0 Å². The molecule has 0 aliphatic heterocycles. The molecule has 0 aromatic carbocycles. The number of nitrogens with one attached hydrogen (secondary N) is 1. The van der Waals surface area contributed by atoms with Crippen molar-refractivity contribution < 1.29 is 0 Å². The third kappa shape index (κ3) is 4.20. The van der Waals surface area contributed by atoms with Gasteiger partial charge in [0.25, 0.3) is 0 Å². The van der Waals surface area contributed by atoms with Crippen LogP contribution in [0.4, 0.5) is 0 Å². The predicted octanol–water partition coefficient (Wildman–Crippen LogP) is 2.69. The van der Waals surface area contributed by atoms with Gasteiger partial charge in [0.05, 0.1) is 5.51 Å². The first-order valence-corrected chi connectivity index (χ1v) is 7.26. The third-order valence-electron chi connectivity index (χ3n) is 2.93. The lowest BCUT2D eigenvalue weighted by Gasteiger charge is -2.16. The van der Waals surface area contributed by atoms with E-state index in [1.165, 1.54) is 10.4 Å². The number of thiazole rings is 1. The van der Waals surface area contributed by atoms with Crippen LogP contribution in [-0.2, 0) is 12.8 Å². The lowest BCUT2D eigenvalue weighted by Crippen LogP contribution is -2.31. The van der Waals surface area contributed by atoms with Gasteiger partial charge in [-0.1, -0.05) is 13.0 Å². The highest BCUT2D eigenvalue weighted by Gasteiger charge is 2.09. The molecule has 1 N–H and O–H groups in total. The van der Waals surface area contributed by atoms with Gasteiger partial charge in [0.2, 0.25) is 0 Å². The molecule has 0 aliphatic rings. The Morgan fingerprint density at radius 1 is 1.33 bits per heavy atom. The van der Waals surface area contributed by atoms with Crippen molar-refractivity contribution in [2.45, 2.75) is 32.2 Å². The molecular weight excluding hydrogens is 242 g/mol. The summed E-state index contributed by atoms with van der Waals surface area (Å²) < 4.78 is 0. The van der Waals surface area contributed by atoms with Gasteiger partial charge in [0.1, 0.15) is 0 Å². The minimum Gasteiger partial charge on any atom is -0.314 e. The van der Waals surface area contributed by atoms with Crippen molar-refractivity contribution in [1.29, 1.82) is 0 Å². The Morgan fingerprint density at radius 3 is 2.94 bits per heavy atom. The quantitative estimate of drug-likeness (QED) is 0.832. The van der Waals surface area contributed by atoms with Crippen LogP contribution in [0.5, 0.6) is 0 Å². The van der Waals surface area contributed by atoms with E-state index in [0.29, 0.717) is 6.04 Å². The molecule has 96 valence electrons. The van der Waals surface area contributed by atoms with Crippen molar-refractivity contribution in [3.05, 3.63) is 46.7 Å². The van der Waals surface area contributed by atoms with Crippen molar-refractivity contribution in [3.63, 3.8) is 0 Å². The Hall–Kier alpha value is -1.26. The van der Waals surface area contributed by atoms with Crippen molar-refractivity contribution in [1.82, 2.24) is 15.3 Å². The van der Waals surface area contributed by atoms with Crippen molar-refractivity contribution in [2.75, 3.05) is 6.54 Å². The van der Waals surface area contributed by atoms with Gasteiger partial charge in [0, 0.05) is 29.5 Å². The fourth-order valence-corrected chi connectivity index (χ4v) is 2.71. The molecule has 18 heavy (non-hydrogen) atoms. The zero-order valence-electron chi connectivity index (χ0n) is 10.7. The Morgan fingerprint density at radius 2 is 2.28 bits per heavy atom. The number of aromatic nitrogens is 2. The Kier molecular flexibility index (Phi) is 5.30. The molecule has 2 heterocycles. The maximum absolute atomic E-state index is 4.16. The molecule has 0 amide bonds. The summed E-state index contributed by atoms with van der Waals surface area (Å²) in [6.45, 7) is 3.17. The minimum atomic E-state index is 0.524. The van der Waals surface area contributed by atoms with Gasteiger partial charge in [-0.2, -0.15) is 0 Å². The van der Waals surface area contributed by atoms with Gasteiger partial charge in [-0.3, -0.25) is 9.97 Å². The van der Waals surface area contributed by atoms with E-state index >= 15 is 0 Å². The number of hydrogen-bond acceptors (Lipinski definition) is 4. The summed E-state index contributed by atoms with van der Waals surface area (Å²) in [6, 6.07) is 4.67. The molecule has 2 rings (SSSR count). The summed E-state index contributed by atoms with van der Waals surface area (Å²) >= 11 is 1.74. The van der Waals surface area contributed by atoms with Crippen LogP contribution in [0, 0.1) is 0 Å². The van der Waals surface area contributed by atoms with Crippen LogP contribution in [0.25, 0.3) is 0 Å².